The van der Waals surface area contributed by atoms with Gasteiger partial charge in [0.1, 0.15) is 6.71 Å². The van der Waals surface area contributed by atoms with Crippen LogP contribution < -0.4 is 0 Å². The number of rotatable bonds is 9. The Morgan fingerprint density at radius 1 is 0.692 bits per heavy atom. The second-order valence-electron chi connectivity index (χ2n) is 10.4. The van der Waals surface area contributed by atoms with Crippen molar-refractivity contribution in [1.82, 2.24) is 0 Å². The lowest BCUT2D eigenvalue weighted by Crippen LogP contribution is -2.30. The molecule has 146 valence electrons. The lowest BCUT2D eigenvalue weighted by atomic mass is 9.28. The highest BCUT2D eigenvalue weighted by Crippen LogP contribution is 2.46. The van der Waals surface area contributed by atoms with Gasteiger partial charge in [0.25, 0.3) is 0 Å². The normalized spacial score (nSPS) is 29.9. The van der Waals surface area contributed by atoms with E-state index in [0.717, 1.165) is 30.2 Å². The molecule has 2 bridgehead atoms. The Kier molecular flexibility index (Phi) is 7.24. The maximum atomic E-state index is 2.66. The third kappa shape index (κ3) is 4.99. The predicted molar refractivity (Wildman–Crippen MR) is 116 cm³/mol. The van der Waals surface area contributed by atoms with E-state index >= 15 is 0 Å². The van der Waals surface area contributed by atoms with Crippen LogP contribution in [0.5, 0.6) is 0 Å². The highest BCUT2D eigenvalue weighted by Gasteiger charge is 2.34. The van der Waals surface area contributed by atoms with Crippen LogP contribution in [0.2, 0.25) is 18.0 Å². The molecule has 4 aliphatic rings. The molecule has 4 aliphatic carbocycles. The van der Waals surface area contributed by atoms with Gasteiger partial charge in [-0.15, -0.1) is 0 Å². The van der Waals surface area contributed by atoms with Crippen LogP contribution in [0.1, 0.15) is 116 Å². The minimum absolute atomic E-state index is 0.988. The summed E-state index contributed by atoms with van der Waals surface area (Å²) in [6, 6.07) is 0. The Labute approximate surface area is 164 Å². The molecule has 0 amide bonds. The van der Waals surface area contributed by atoms with Crippen molar-refractivity contribution in [1.29, 1.82) is 0 Å². The molecule has 0 aromatic heterocycles. The Morgan fingerprint density at radius 2 is 1.35 bits per heavy atom. The summed E-state index contributed by atoms with van der Waals surface area (Å²) in [4.78, 5) is 0. The minimum atomic E-state index is 0.988. The van der Waals surface area contributed by atoms with Crippen LogP contribution in [0, 0.1) is 11.8 Å². The first kappa shape index (κ1) is 19.1. The van der Waals surface area contributed by atoms with Crippen molar-refractivity contribution in [2.24, 2.45) is 11.8 Å². The Bertz CT molecular complexity index is 423. The quantitative estimate of drug-likeness (QED) is 0.221. The largest absolute Gasteiger partial charge is 0.146 e. The molecule has 0 N–H and O–H groups in total. The molecule has 2 atom stereocenters. The summed E-state index contributed by atoms with van der Waals surface area (Å²) < 4.78 is 0. The van der Waals surface area contributed by atoms with Crippen LogP contribution in [0.3, 0.4) is 0 Å². The maximum Gasteiger partial charge on any atom is 0.146 e. The summed E-state index contributed by atoms with van der Waals surface area (Å²) in [7, 11) is 0. The molecule has 0 spiro atoms. The number of allylic oxidation sites excluding steroid dienone is 2. The molecule has 3 saturated carbocycles. The summed E-state index contributed by atoms with van der Waals surface area (Å²) in [5, 5.41) is 0. The van der Waals surface area contributed by atoms with Crippen molar-refractivity contribution in [2.75, 3.05) is 0 Å². The van der Waals surface area contributed by atoms with E-state index in [4.69, 9.17) is 0 Å². The zero-order valence-corrected chi connectivity index (χ0v) is 17.4. The van der Waals surface area contributed by atoms with Gasteiger partial charge in [0.15, 0.2) is 0 Å². The molecule has 0 aliphatic heterocycles. The Hall–Kier alpha value is -0.195. The number of hydrogen-bond donors (Lipinski definition) is 0. The van der Waals surface area contributed by atoms with Crippen molar-refractivity contribution in [3.63, 3.8) is 0 Å². The fourth-order valence-electron chi connectivity index (χ4n) is 7.27. The minimum Gasteiger partial charge on any atom is -0.0819 e. The van der Waals surface area contributed by atoms with Gasteiger partial charge in [-0.3, -0.25) is 0 Å². The van der Waals surface area contributed by atoms with Crippen molar-refractivity contribution < 1.29 is 0 Å². The fraction of sp³-hybridized carbons (Fsp3) is 0.920. The molecule has 0 saturated heterocycles. The van der Waals surface area contributed by atoms with Crippen molar-refractivity contribution in [2.45, 2.75) is 134 Å². The van der Waals surface area contributed by atoms with Gasteiger partial charge in [-0.2, -0.15) is 0 Å². The maximum absolute atomic E-state index is 2.66. The van der Waals surface area contributed by atoms with Gasteiger partial charge < -0.3 is 0 Å². The molecule has 0 aromatic carbocycles. The van der Waals surface area contributed by atoms with Crippen molar-refractivity contribution >= 4 is 6.71 Å². The highest BCUT2D eigenvalue weighted by molar-refractivity contribution is 6.62. The van der Waals surface area contributed by atoms with Crippen LogP contribution in [-0.4, -0.2) is 6.71 Å². The molecule has 26 heavy (non-hydrogen) atoms. The second kappa shape index (κ2) is 9.84. The van der Waals surface area contributed by atoms with Crippen LogP contribution in [0.15, 0.2) is 11.6 Å². The Balaban J connectivity index is 1.16. The first-order valence-electron chi connectivity index (χ1n) is 12.6. The summed E-state index contributed by atoms with van der Waals surface area (Å²) in [5.74, 6) is 4.21. The monoisotopic (exact) mass is 354 g/mol. The van der Waals surface area contributed by atoms with Gasteiger partial charge in [0, 0.05) is 0 Å². The number of fused-ring (bicyclic) bond motifs is 2. The van der Waals surface area contributed by atoms with E-state index in [1.807, 2.05) is 5.57 Å². The van der Waals surface area contributed by atoms with Crippen molar-refractivity contribution in [3.8, 4) is 0 Å². The molecule has 4 rings (SSSR count). The van der Waals surface area contributed by atoms with E-state index in [1.54, 1.807) is 32.0 Å². The van der Waals surface area contributed by atoms with E-state index in [-0.39, 0.29) is 0 Å². The van der Waals surface area contributed by atoms with Gasteiger partial charge >= 0.3 is 0 Å². The molecular weight excluding hydrogens is 311 g/mol. The van der Waals surface area contributed by atoms with Crippen LogP contribution in [0.4, 0.5) is 0 Å². The lowest BCUT2D eigenvalue weighted by Gasteiger charge is -2.35. The third-order valence-electron chi connectivity index (χ3n) is 8.71. The molecule has 0 aromatic rings. The SMILES string of the molecule is C1=C(CCCCCCB(C2CCCCC2)C2CCCCC2)C2CCC1C2. The van der Waals surface area contributed by atoms with Crippen LogP contribution in [-0.2, 0) is 0 Å². The third-order valence-corrected chi connectivity index (χ3v) is 8.71. The van der Waals surface area contributed by atoms with E-state index in [1.165, 1.54) is 89.9 Å². The van der Waals surface area contributed by atoms with Gasteiger partial charge in [-0.25, -0.2) is 0 Å². The zero-order valence-electron chi connectivity index (χ0n) is 17.4. The van der Waals surface area contributed by atoms with E-state index in [9.17, 15) is 0 Å². The smallest absolute Gasteiger partial charge is 0.0819 e. The standard InChI is InChI=1S/C25H43B/c1(5-11-22-19-21-16-17-23(22)20-21)2-10-18-26(24-12-6-3-7-13-24)25-14-8-4-9-15-25/h19,21,23-25H,1-18,20H2. The van der Waals surface area contributed by atoms with Gasteiger partial charge in [0.05, 0.1) is 0 Å². The van der Waals surface area contributed by atoms with E-state index in [2.05, 4.69) is 6.08 Å². The average Bonchev–Trinajstić information content (AvgIpc) is 3.32. The predicted octanol–water partition coefficient (Wildman–Crippen LogP) is 8.46. The topological polar surface area (TPSA) is 0 Å². The Morgan fingerprint density at radius 3 is 1.92 bits per heavy atom. The molecule has 3 fully saturated rings. The molecule has 1 heteroatoms. The fourth-order valence-corrected chi connectivity index (χ4v) is 7.27. The number of unbranched alkanes of at least 4 members (excludes halogenated alkanes) is 3. The summed E-state index contributed by atoms with van der Waals surface area (Å²) in [5.41, 5.74) is 1.86. The zero-order chi connectivity index (χ0) is 17.6. The summed E-state index contributed by atoms with van der Waals surface area (Å²) in [6.07, 6.45) is 31.7. The van der Waals surface area contributed by atoms with Gasteiger partial charge in [0.2, 0.25) is 0 Å². The second-order valence-corrected chi connectivity index (χ2v) is 10.4. The molecule has 0 nitrogen and oxygen atoms in total. The van der Waals surface area contributed by atoms with Gasteiger partial charge in [-0.05, 0) is 43.9 Å². The van der Waals surface area contributed by atoms with Crippen LogP contribution in [0.25, 0.3) is 0 Å². The van der Waals surface area contributed by atoms with Crippen LogP contribution >= 0.6 is 0 Å². The average molecular weight is 354 g/mol. The van der Waals surface area contributed by atoms with Gasteiger partial charge in [-0.1, -0.05) is 113 Å². The molecule has 0 radical (unpaired) electrons. The molecular formula is C25H43B. The molecule has 2 unspecified atom stereocenters. The van der Waals surface area contributed by atoms with Crippen molar-refractivity contribution in [3.05, 3.63) is 11.6 Å². The first-order chi connectivity index (χ1) is 12.9. The molecule has 0 heterocycles. The first-order valence-corrected chi connectivity index (χ1v) is 12.6. The number of hydrogen-bond acceptors (Lipinski definition) is 0. The lowest BCUT2D eigenvalue weighted by molar-refractivity contribution is 0.458. The van der Waals surface area contributed by atoms with E-state index in [0.29, 0.717) is 0 Å². The van der Waals surface area contributed by atoms with E-state index < -0.39 is 0 Å². The highest BCUT2D eigenvalue weighted by atomic mass is 14.4. The summed E-state index contributed by atoms with van der Waals surface area (Å²) in [6.45, 7) is 1.10. The summed E-state index contributed by atoms with van der Waals surface area (Å²) >= 11 is 0.